The van der Waals surface area contributed by atoms with Crippen LogP contribution in [0.15, 0.2) is 17.5 Å². The van der Waals surface area contributed by atoms with Gasteiger partial charge in [0.15, 0.2) is 0 Å². The fourth-order valence-corrected chi connectivity index (χ4v) is 1.23. The van der Waals surface area contributed by atoms with Gasteiger partial charge in [0, 0.05) is 0 Å². The molecule has 0 aromatic carbocycles. The highest BCUT2D eigenvalue weighted by molar-refractivity contribution is 7.12. The summed E-state index contributed by atoms with van der Waals surface area (Å²) in [6.45, 7) is 0. The molecule has 1 rings (SSSR count). The maximum absolute atomic E-state index is 11.1. The van der Waals surface area contributed by atoms with Gasteiger partial charge in [-0.3, -0.25) is 10.1 Å². The van der Waals surface area contributed by atoms with E-state index in [9.17, 15) is 9.59 Å². The number of thiophene rings is 1. The molecule has 1 N–H and O–H groups in total. The number of methoxy groups -OCH3 is 1. The lowest BCUT2D eigenvalue weighted by atomic mass is 10.4. The molecule has 1 aromatic rings. The summed E-state index contributed by atoms with van der Waals surface area (Å²) < 4.78 is 4.25. The maximum Gasteiger partial charge on any atom is 0.413 e. The number of imide groups is 1. The van der Waals surface area contributed by atoms with E-state index in [1.807, 2.05) is 5.32 Å². The van der Waals surface area contributed by atoms with Crippen molar-refractivity contribution in [1.29, 1.82) is 0 Å². The molecule has 0 radical (unpaired) electrons. The average molecular weight is 185 g/mol. The molecule has 0 unspecified atom stereocenters. The monoisotopic (exact) mass is 185 g/mol. The number of amides is 2. The molecule has 0 spiro atoms. The molecule has 0 aliphatic rings. The third kappa shape index (κ3) is 2.06. The van der Waals surface area contributed by atoms with Crippen molar-refractivity contribution < 1.29 is 14.3 Å². The molecule has 0 saturated carbocycles. The predicted octanol–water partition coefficient (Wildman–Crippen LogP) is 1.24. The Balaban J connectivity index is 2.56. The molecule has 1 aromatic heterocycles. The van der Waals surface area contributed by atoms with E-state index in [1.165, 1.54) is 18.4 Å². The first-order chi connectivity index (χ1) is 5.74. The average Bonchev–Trinajstić information content (AvgIpc) is 2.56. The number of ether oxygens (including phenoxy) is 1. The summed E-state index contributed by atoms with van der Waals surface area (Å²) in [7, 11) is 1.21. The van der Waals surface area contributed by atoms with E-state index < -0.39 is 12.0 Å². The highest BCUT2D eigenvalue weighted by Crippen LogP contribution is 2.07. The standard InChI is InChI=1S/C7H7NO3S/c1-11-7(10)8-6(9)5-3-2-4-12-5/h2-4H,1H3,(H,8,9,10). The Hall–Kier alpha value is -1.36. The number of carbonyl (C=O) groups is 2. The second-order valence-electron chi connectivity index (χ2n) is 1.92. The zero-order valence-electron chi connectivity index (χ0n) is 6.37. The Bertz CT molecular complexity index is 281. The van der Waals surface area contributed by atoms with Crippen LogP contribution in [0.3, 0.4) is 0 Å². The number of hydrogen-bond acceptors (Lipinski definition) is 4. The largest absolute Gasteiger partial charge is 0.453 e. The zero-order valence-corrected chi connectivity index (χ0v) is 7.18. The molecular weight excluding hydrogens is 178 g/mol. The first-order valence-corrected chi connectivity index (χ1v) is 4.05. The van der Waals surface area contributed by atoms with Crippen molar-refractivity contribution in [3.8, 4) is 0 Å². The summed E-state index contributed by atoms with van der Waals surface area (Å²) in [5, 5.41) is 3.80. The quantitative estimate of drug-likeness (QED) is 0.716. The Labute approximate surface area is 73.2 Å². The van der Waals surface area contributed by atoms with Gasteiger partial charge in [0.25, 0.3) is 5.91 Å². The lowest BCUT2D eigenvalue weighted by Crippen LogP contribution is -2.29. The molecule has 0 bridgehead atoms. The number of alkyl carbamates (subject to hydrolysis) is 1. The van der Waals surface area contributed by atoms with Gasteiger partial charge < -0.3 is 4.74 Å². The summed E-state index contributed by atoms with van der Waals surface area (Å²) >= 11 is 1.26. The first kappa shape index (κ1) is 8.73. The lowest BCUT2D eigenvalue weighted by Gasteiger charge is -1.98. The first-order valence-electron chi connectivity index (χ1n) is 3.17. The van der Waals surface area contributed by atoms with Gasteiger partial charge in [0.05, 0.1) is 12.0 Å². The Morgan fingerprint density at radius 3 is 2.83 bits per heavy atom. The van der Waals surface area contributed by atoms with E-state index in [1.54, 1.807) is 17.5 Å². The van der Waals surface area contributed by atoms with Crippen LogP contribution in [0.25, 0.3) is 0 Å². The highest BCUT2D eigenvalue weighted by atomic mass is 32.1. The molecule has 12 heavy (non-hydrogen) atoms. The zero-order chi connectivity index (χ0) is 8.97. The van der Waals surface area contributed by atoms with Crippen LogP contribution in [-0.2, 0) is 4.74 Å². The van der Waals surface area contributed by atoms with Gasteiger partial charge in [-0.05, 0) is 11.4 Å². The van der Waals surface area contributed by atoms with Crippen molar-refractivity contribution >= 4 is 23.3 Å². The fourth-order valence-electron chi connectivity index (χ4n) is 0.613. The Kier molecular flexibility index (Phi) is 2.82. The second-order valence-corrected chi connectivity index (χ2v) is 2.87. The van der Waals surface area contributed by atoms with Crippen molar-refractivity contribution in [2.24, 2.45) is 0 Å². The number of carbonyl (C=O) groups excluding carboxylic acids is 2. The van der Waals surface area contributed by atoms with Crippen LogP contribution in [0.5, 0.6) is 0 Å². The SMILES string of the molecule is COC(=O)NC(=O)c1cccs1. The third-order valence-electron chi connectivity index (χ3n) is 1.15. The number of hydrogen-bond donors (Lipinski definition) is 1. The van der Waals surface area contributed by atoms with Crippen molar-refractivity contribution in [2.75, 3.05) is 7.11 Å². The van der Waals surface area contributed by atoms with Crippen LogP contribution in [0, 0.1) is 0 Å². The minimum atomic E-state index is -0.742. The molecule has 0 saturated heterocycles. The van der Waals surface area contributed by atoms with E-state index in [-0.39, 0.29) is 0 Å². The van der Waals surface area contributed by atoms with Gasteiger partial charge in [0.2, 0.25) is 0 Å². The molecule has 4 nitrogen and oxygen atoms in total. The smallest absolute Gasteiger partial charge is 0.413 e. The molecule has 5 heteroatoms. The maximum atomic E-state index is 11.1. The number of nitrogens with one attached hydrogen (secondary N) is 1. The van der Waals surface area contributed by atoms with E-state index in [2.05, 4.69) is 4.74 Å². The normalized spacial score (nSPS) is 9.08. The summed E-state index contributed by atoms with van der Waals surface area (Å²) in [5.41, 5.74) is 0. The van der Waals surface area contributed by atoms with Crippen LogP contribution in [0.2, 0.25) is 0 Å². The van der Waals surface area contributed by atoms with E-state index in [4.69, 9.17) is 0 Å². The summed E-state index contributed by atoms with van der Waals surface area (Å²) in [6.07, 6.45) is -0.742. The number of rotatable bonds is 1. The van der Waals surface area contributed by atoms with E-state index in [0.717, 1.165) is 0 Å². The Morgan fingerprint density at radius 1 is 1.58 bits per heavy atom. The van der Waals surface area contributed by atoms with Crippen molar-refractivity contribution in [3.05, 3.63) is 22.4 Å². The van der Waals surface area contributed by atoms with Gasteiger partial charge >= 0.3 is 6.09 Å². The second kappa shape index (κ2) is 3.87. The van der Waals surface area contributed by atoms with Crippen LogP contribution in [-0.4, -0.2) is 19.1 Å². The van der Waals surface area contributed by atoms with Crippen LogP contribution in [0.1, 0.15) is 9.67 Å². The van der Waals surface area contributed by atoms with E-state index in [0.29, 0.717) is 4.88 Å². The fraction of sp³-hybridized carbons (Fsp3) is 0.143. The van der Waals surface area contributed by atoms with E-state index >= 15 is 0 Å². The third-order valence-corrected chi connectivity index (χ3v) is 2.01. The van der Waals surface area contributed by atoms with Gasteiger partial charge in [-0.25, -0.2) is 4.79 Å². The summed E-state index contributed by atoms with van der Waals surface area (Å²) in [5.74, 6) is -0.433. The van der Waals surface area contributed by atoms with Gasteiger partial charge in [-0.2, -0.15) is 0 Å². The van der Waals surface area contributed by atoms with Crippen LogP contribution < -0.4 is 5.32 Å². The topological polar surface area (TPSA) is 55.4 Å². The predicted molar refractivity (Wildman–Crippen MR) is 44.2 cm³/mol. The summed E-state index contributed by atoms with van der Waals surface area (Å²) in [4.78, 5) is 22.1. The van der Waals surface area contributed by atoms with Gasteiger partial charge in [0.1, 0.15) is 0 Å². The lowest BCUT2D eigenvalue weighted by molar-refractivity contribution is 0.0941. The minimum absolute atomic E-state index is 0.433. The van der Waals surface area contributed by atoms with Crippen molar-refractivity contribution in [2.45, 2.75) is 0 Å². The van der Waals surface area contributed by atoms with Crippen molar-refractivity contribution in [3.63, 3.8) is 0 Å². The summed E-state index contributed by atoms with van der Waals surface area (Å²) in [6, 6.07) is 3.36. The van der Waals surface area contributed by atoms with Crippen LogP contribution >= 0.6 is 11.3 Å². The Morgan fingerprint density at radius 2 is 2.33 bits per heavy atom. The molecule has 64 valence electrons. The van der Waals surface area contributed by atoms with Gasteiger partial charge in [-0.1, -0.05) is 6.07 Å². The molecule has 0 fully saturated rings. The molecular formula is C7H7NO3S. The molecule has 0 atom stereocenters. The molecule has 2 amide bonds. The van der Waals surface area contributed by atoms with Crippen molar-refractivity contribution in [1.82, 2.24) is 5.32 Å². The molecule has 1 heterocycles. The van der Waals surface area contributed by atoms with Gasteiger partial charge in [-0.15, -0.1) is 11.3 Å². The van der Waals surface area contributed by atoms with Crippen LogP contribution in [0.4, 0.5) is 4.79 Å². The highest BCUT2D eigenvalue weighted by Gasteiger charge is 2.09. The molecule has 0 aliphatic carbocycles. The minimum Gasteiger partial charge on any atom is -0.453 e. The molecule has 0 aliphatic heterocycles.